The first-order valence-corrected chi connectivity index (χ1v) is 6.01. The first-order chi connectivity index (χ1) is 8.72. The van der Waals surface area contributed by atoms with Crippen molar-refractivity contribution in [2.75, 3.05) is 0 Å². The van der Waals surface area contributed by atoms with Crippen LogP contribution in [0.2, 0.25) is 5.02 Å². The minimum Gasteiger partial charge on any atom is -0.508 e. The highest BCUT2D eigenvalue weighted by Crippen LogP contribution is 2.21. The summed E-state index contributed by atoms with van der Waals surface area (Å²) in [4.78, 5) is 7.67. The monoisotopic (exact) mass is 258 g/mol. The molecule has 0 aliphatic carbocycles. The Labute approximate surface area is 109 Å². The predicted octanol–water partition coefficient (Wildman–Crippen LogP) is 3.51. The lowest BCUT2D eigenvalue weighted by atomic mass is 10.1. The minimum absolute atomic E-state index is 0.288. The zero-order valence-electron chi connectivity index (χ0n) is 9.52. The van der Waals surface area contributed by atoms with E-state index in [-0.39, 0.29) is 5.75 Å². The zero-order chi connectivity index (χ0) is 12.5. The number of phenolic OH excluding ortho intramolecular Hbond substituents is 1. The van der Waals surface area contributed by atoms with Gasteiger partial charge in [-0.1, -0.05) is 29.8 Å². The summed E-state index contributed by atoms with van der Waals surface area (Å²) in [6.07, 6.45) is 0.568. The highest BCUT2D eigenvalue weighted by atomic mass is 35.5. The summed E-state index contributed by atoms with van der Waals surface area (Å²) in [7, 11) is 0. The van der Waals surface area contributed by atoms with Crippen molar-refractivity contribution in [2.24, 2.45) is 0 Å². The molecule has 2 N–H and O–H groups in total. The van der Waals surface area contributed by atoms with Gasteiger partial charge in [0.2, 0.25) is 0 Å². The lowest BCUT2D eigenvalue weighted by molar-refractivity contribution is 0.469. The van der Waals surface area contributed by atoms with Crippen molar-refractivity contribution >= 4 is 22.6 Å². The van der Waals surface area contributed by atoms with E-state index in [1.165, 1.54) is 0 Å². The molecule has 0 saturated carbocycles. The van der Waals surface area contributed by atoms with Crippen molar-refractivity contribution in [1.29, 1.82) is 0 Å². The number of hydrogen-bond donors (Lipinski definition) is 2. The normalized spacial score (nSPS) is 10.9. The molecule has 0 bridgehead atoms. The Kier molecular flexibility index (Phi) is 2.68. The Bertz CT molecular complexity index is 706. The second kappa shape index (κ2) is 4.35. The van der Waals surface area contributed by atoms with Crippen molar-refractivity contribution in [3.8, 4) is 5.75 Å². The highest BCUT2D eigenvalue weighted by Gasteiger charge is 2.06. The van der Waals surface area contributed by atoms with Crippen LogP contribution in [0, 0.1) is 0 Å². The van der Waals surface area contributed by atoms with Gasteiger partial charge < -0.3 is 10.1 Å². The molecule has 0 aliphatic rings. The van der Waals surface area contributed by atoms with Crippen LogP contribution in [0.3, 0.4) is 0 Å². The van der Waals surface area contributed by atoms with Crippen molar-refractivity contribution < 1.29 is 5.11 Å². The van der Waals surface area contributed by atoms with Crippen molar-refractivity contribution in [2.45, 2.75) is 6.42 Å². The van der Waals surface area contributed by atoms with Gasteiger partial charge in [0.25, 0.3) is 0 Å². The molecule has 3 nitrogen and oxygen atoms in total. The standard InChI is InChI=1S/C14H11ClN2O/c15-10-5-6-11-12(8-10)17-14(16-11)7-9-3-1-2-4-13(9)18/h1-6,8,18H,7H2,(H,16,17). The van der Waals surface area contributed by atoms with E-state index in [4.69, 9.17) is 11.6 Å². The number of halogens is 1. The van der Waals surface area contributed by atoms with E-state index in [1.54, 1.807) is 12.1 Å². The number of para-hydroxylation sites is 1. The molecular formula is C14H11ClN2O. The quantitative estimate of drug-likeness (QED) is 0.739. The number of phenols is 1. The summed E-state index contributed by atoms with van der Waals surface area (Å²) in [6.45, 7) is 0. The number of aromatic amines is 1. The van der Waals surface area contributed by atoms with Crippen LogP contribution >= 0.6 is 11.6 Å². The summed E-state index contributed by atoms with van der Waals surface area (Å²) in [5.41, 5.74) is 2.64. The van der Waals surface area contributed by atoms with Crippen LogP contribution < -0.4 is 0 Å². The van der Waals surface area contributed by atoms with Gasteiger partial charge in [0.15, 0.2) is 0 Å². The van der Waals surface area contributed by atoms with E-state index >= 15 is 0 Å². The minimum atomic E-state index is 0.288. The third-order valence-corrected chi connectivity index (χ3v) is 3.08. The lowest BCUT2D eigenvalue weighted by Gasteiger charge is -2.00. The SMILES string of the molecule is Oc1ccccc1Cc1nc2ccc(Cl)cc2[nH]1. The van der Waals surface area contributed by atoms with E-state index in [1.807, 2.05) is 30.3 Å². The van der Waals surface area contributed by atoms with Gasteiger partial charge in [-0.05, 0) is 24.3 Å². The number of aromatic nitrogens is 2. The predicted molar refractivity (Wildman–Crippen MR) is 72.0 cm³/mol. The Balaban J connectivity index is 1.98. The average Bonchev–Trinajstić information content (AvgIpc) is 2.73. The van der Waals surface area contributed by atoms with E-state index in [9.17, 15) is 5.11 Å². The van der Waals surface area contributed by atoms with E-state index in [0.717, 1.165) is 22.4 Å². The molecule has 0 saturated heterocycles. The number of rotatable bonds is 2. The molecule has 0 spiro atoms. The second-order valence-corrected chi connectivity index (χ2v) is 4.59. The van der Waals surface area contributed by atoms with Gasteiger partial charge in [-0.3, -0.25) is 0 Å². The van der Waals surface area contributed by atoms with Gasteiger partial charge in [-0.15, -0.1) is 0 Å². The van der Waals surface area contributed by atoms with Gasteiger partial charge in [0.05, 0.1) is 11.0 Å². The molecule has 4 heteroatoms. The van der Waals surface area contributed by atoms with Crippen LogP contribution in [0.5, 0.6) is 5.75 Å². The van der Waals surface area contributed by atoms with Crippen molar-refractivity contribution in [3.05, 3.63) is 58.9 Å². The molecule has 3 aromatic rings. The number of H-pyrrole nitrogens is 1. The molecule has 0 fully saturated rings. The summed E-state index contributed by atoms with van der Waals surface area (Å²) >= 11 is 5.93. The number of aromatic hydroxyl groups is 1. The maximum Gasteiger partial charge on any atom is 0.119 e. The second-order valence-electron chi connectivity index (χ2n) is 4.15. The molecule has 1 aromatic heterocycles. The molecule has 2 aromatic carbocycles. The highest BCUT2D eigenvalue weighted by molar-refractivity contribution is 6.31. The molecule has 0 radical (unpaired) electrons. The lowest BCUT2D eigenvalue weighted by Crippen LogP contribution is -1.90. The number of imidazole rings is 1. The number of nitrogens with zero attached hydrogens (tertiary/aromatic N) is 1. The summed E-state index contributed by atoms with van der Waals surface area (Å²) in [6, 6.07) is 12.8. The smallest absolute Gasteiger partial charge is 0.119 e. The summed E-state index contributed by atoms with van der Waals surface area (Å²) in [5.74, 6) is 1.10. The van der Waals surface area contributed by atoms with Crippen LogP contribution in [-0.4, -0.2) is 15.1 Å². The van der Waals surface area contributed by atoms with Crippen LogP contribution in [-0.2, 0) is 6.42 Å². The Hall–Kier alpha value is -2.00. The third kappa shape index (κ3) is 2.05. The molecule has 1 heterocycles. The van der Waals surface area contributed by atoms with Crippen molar-refractivity contribution in [1.82, 2.24) is 9.97 Å². The van der Waals surface area contributed by atoms with E-state index in [2.05, 4.69) is 9.97 Å². The molecular weight excluding hydrogens is 248 g/mol. The molecule has 0 aliphatic heterocycles. The van der Waals surface area contributed by atoms with Gasteiger partial charge >= 0.3 is 0 Å². The fourth-order valence-corrected chi connectivity index (χ4v) is 2.13. The van der Waals surface area contributed by atoms with Gasteiger partial charge in [-0.2, -0.15) is 0 Å². The Morgan fingerprint density at radius 3 is 2.83 bits per heavy atom. The third-order valence-electron chi connectivity index (χ3n) is 2.84. The number of nitrogens with one attached hydrogen (secondary N) is 1. The largest absolute Gasteiger partial charge is 0.508 e. The number of hydrogen-bond acceptors (Lipinski definition) is 2. The molecule has 3 rings (SSSR count). The Morgan fingerprint density at radius 1 is 1.17 bits per heavy atom. The van der Waals surface area contributed by atoms with Gasteiger partial charge in [-0.25, -0.2) is 4.98 Å². The van der Waals surface area contributed by atoms with Crippen molar-refractivity contribution in [3.63, 3.8) is 0 Å². The molecule has 90 valence electrons. The molecule has 0 unspecified atom stereocenters. The van der Waals surface area contributed by atoms with Gasteiger partial charge in [0, 0.05) is 17.0 Å². The Morgan fingerprint density at radius 2 is 2.00 bits per heavy atom. The summed E-state index contributed by atoms with van der Waals surface area (Å²) in [5, 5.41) is 10.4. The molecule has 0 amide bonds. The molecule has 18 heavy (non-hydrogen) atoms. The van der Waals surface area contributed by atoms with Crippen LogP contribution in [0.1, 0.15) is 11.4 Å². The number of fused-ring (bicyclic) bond motifs is 1. The van der Waals surface area contributed by atoms with E-state index < -0.39 is 0 Å². The fourth-order valence-electron chi connectivity index (χ4n) is 1.96. The molecule has 0 atom stereocenters. The number of benzene rings is 2. The topological polar surface area (TPSA) is 48.9 Å². The zero-order valence-corrected chi connectivity index (χ0v) is 10.3. The fraction of sp³-hybridized carbons (Fsp3) is 0.0714. The average molecular weight is 259 g/mol. The maximum atomic E-state index is 9.73. The first-order valence-electron chi connectivity index (χ1n) is 5.63. The van der Waals surface area contributed by atoms with E-state index in [0.29, 0.717) is 11.4 Å². The summed E-state index contributed by atoms with van der Waals surface area (Å²) < 4.78 is 0. The van der Waals surface area contributed by atoms with Gasteiger partial charge in [0.1, 0.15) is 11.6 Å². The first kappa shape index (κ1) is 11.1. The van der Waals surface area contributed by atoms with Crippen LogP contribution in [0.25, 0.3) is 11.0 Å². The van der Waals surface area contributed by atoms with Crippen LogP contribution in [0.4, 0.5) is 0 Å². The van der Waals surface area contributed by atoms with Crippen LogP contribution in [0.15, 0.2) is 42.5 Å². The maximum absolute atomic E-state index is 9.73.